The van der Waals surface area contributed by atoms with Gasteiger partial charge in [-0.25, -0.2) is 8.42 Å². The van der Waals surface area contributed by atoms with Crippen molar-refractivity contribution in [2.45, 2.75) is 49.5 Å². The maximum absolute atomic E-state index is 12.5. The molecule has 1 aliphatic heterocycles. The summed E-state index contributed by atoms with van der Waals surface area (Å²) < 4.78 is 27.2. The summed E-state index contributed by atoms with van der Waals surface area (Å²) in [4.78, 5) is 14.8. The molecule has 1 amide bonds. The number of sulfonamides is 1. The molecule has 1 atom stereocenters. The maximum Gasteiger partial charge on any atom is 0.250 e. The SMILES string of the molecule is CC(NS(=O)(=O)c1cccs1)C(=O)NCC(C)(C)N1CCc2ccccc2C1. The lowest BCUT2D eigenvalue weighted by Gasteiger charge is -2.41. The Morgan fingerprint density at radius 2 is 1.93 bits per heavy atom. The number of fused-ring (bicyclic) bond motifs is 1. The minimum Gasteiger partial charge on any atom is -0.353 e. The summed E-state index contributed by atoms with van der Waals surface area (Å²) in [6, 6.07) is 10.8. The lowest BCUT2D eigenvalue weighted by atomic mass is 9.94. The zero-order valence-corrected chi connectivity index (χ0v) is 18.1. The summed E-state index contributed by atoms with van der Waals surface area (Å²) in [5, 5.41) is 4.60. The molecule has 152 valence electrons. The molecule has 0 aliphatic carbocycles. The minimum absolute atomic E-state index is 0.208. The second-order valence-electron chi connectivity index (χ2n) is 7.75. The number of hydrogen-bond acceptors (Lipinski definition) is 5. The third-order valence-electron chi connectivity index (χ3n) is 5.17. The molecule has 8 heteroatoms. The van der Waals surface area contributed by atoms with Gasteiger partial charge in [-0.15, -0.1) is 11.3 Å². The van der Waals surface area contributed by atoms with Crippen LogP contribution < -0.4 is 10.0 Å². The third-order valence-corrected chi connectivity index (χ3v) is 8.11. The number of carbonyl (C=O) groups is 1. The largest absolute Gasteiger partial charge is 0.353 e. The lowest BCUT2D eigenvalue weighted by molar-refractivity contribution is -0.123. The van der Waals surface area contributed by atoms with Crippen LogP contribution in [0.2, 0.25) is 0 Å². The highest BCUT2D eigenvalue weighted by Crippen LogP contribution is 2.25. The summed E-state index contributed by atoms with van der Waals surface area (Å²) in [6.45, 7) is 7.98. The Morgan fingerprint density at radius 3 is 2.61 bits per heavy atom. The summed E-state index contributed by atoms with van der Waals surface area (Å²) in [5.74, 6) is -0.328. The van der Waals surface area contributed by atoms with E-state index in [1.807, 2.05) is 0 Å². The Kier molecular flexibility index (Phi) is 6.24. The number of amides is 1. The second kappa shape index (κ2) is 8.32. The van der Waals surface area contributed by atoms with Gasteiger partial charge in [-0.2, -0.15) is 4.72 Å². The number of carbonyl (C=O) groups excluding carboxylic acids is 1. The molecule has 0 saturated heterocycles. The quantitative estimate of drug-likeness (QED) is 0.719. The van der Waals surface area contributed by atoms with E-state index in [1.54, 1.807) is 18.4 Å². The van der Waals surface area contributed by atoms with Crippen molar-refractivity contribution in [1.29, 1.82) is 0 Å². The van der Waals surface area contributed by atoms with E-state index in [4.69, 9.17) is 0 Å². The lowest BCUT2D eigenvalue weighted by Crippen LogP contribution is -2.55. The second-order valence-corrected chi connectivity index (χ2v) is 10.6. The molecule has 28 heavy (non-hydrogen) atoms. The van der Waals surface area contributed by atoms with Gasteiger partial charge in [0.05, 0.1) is 6.04 Å². The topological polar surface area (TPSA) is 78.5 Å². The molecule has 0 saturated carbocycles. The van der Waals surface area contributed by atoms with E-state index in [-0.39, 0.29) is 15.7 Å². The van der Waals surface area contributed by atoms with Gasteiger partial charge in [0.15, 0.2) is 0 Å². The molecule has 2 N–H and O–H groups in total. The first kappa shape index (κ1) is 21.0. The van der Waals surface area contributed by atoms with Crippen LogP contribution >= 0.6 is 11.3 Å². The summed E-state index contributed by atoms with van der Waals surface area (Å²) in [6.07, 6.45) is 0.991. The van der Waals surface area contributed by atoms with Gasteiger partial charge in [-0.3, -0.25) is 9.69 Å². The van der Waals surface area contributed by atoms with Crippen molar-refractivity contribution < 1.29 is 13.2 Å². The van der Waals surface area contributed by atoms with Crippen LogP contribution in [0.25, 0.3) is 0 Å². The molecule has 1 aromatic carbocycles. The van der Waals surface area contributed by atoms with Gasteiger partial charge in [-0.05, 0) is 49.8 Å². The fourth-order valence-corrected chi connectivity index (χ4v) is 5.55. The normalized spacial score (nSPS) is 16.4. The van der Waals surface area contributed by atoms with E-state index in [9.17, 15) is 13.2 Å². The highest BCUT2D eigenvalue weighted by atomic mass is 32.2. The molecule has 0 fully saturated rings. The van der Waals surface area contributed by atoms with E-state index in [2.05, 4.69) is 53.1 Å². The van der Waals surface area contributed by atoms with Crippen molar-refractivity contribution >= 4 is 27.3 Å². The van der Waals surface area contributed by atoms with Gasteiger partial charge in [-0.1, -0.05) is 30.3 Å². The van der Waals surface area contributed by atoms with Crippen LogP contribution in [0.4, 0.5) is 0 Å². The number of rotatable bonds is 7. The van der Waals surface area contributed by atoms with E-state index in [1.165, 1.54) is 17.2 Å². The Hall–Kier alpha value is -1.74. The van der Waals surface area contributed by atoms with Gasteiger partial charge in [0.1, 0.15) is 4.21 Å². The zero-order chi connectivity index (χ0) is 20.4. The van der Waals surface area contributed by atoms with E-state index >= 15 is 0 Å². The Balaban J connectivity index is 1.56. The van der Waals surface area contributed by atoms with Crippen molar-refractivity contribution in [2.24, 2.45) is 0 Å². The number of thiophene rings is 1. The average molecular weight is 422 g/mol. The summed E-state index contributed by atoms with van der Waals surface area (Å²) in [7, 11) is -3.67. The van der Waals surface area contributed by atoms with Gasteiger partial charge in [0.25, 0.3) is 10.0 Å². The predicted molar refractivity (Wildman–Crippen MR) is 112 cm³/mol. The molecule has 0 spiro atoms. The molecule has 1 aliphatic rings. The molecule has 6 nitrogen and oxygen atoms in total. The standard InChI is InChI=1S/C20H27N3O3S2/c1-15(22-28(25,26)18-9-6-12-27-18)19(24)21-14-20(2,3)23-11-10-16-7-4-5-8-17(16)13-23/h4-9,12,15,22H,10-11,13-14H2,1-3H3,(H,21,24). The average Bonchev–Trinajstić information content (AvgIpc) is 3.21. The third kappa shape index (κ3) is 4.81. The molecule has 1 aromatic heterocycles. The first-order chi connectivity index (χ1) is 13.2. The molecular formula is C20H27N3O3S2. The zero-order valence-electron chi connectivity index (χ0n) is 16.4. The number of nitrogens with one attached hydrogen (secondary N) is 2. The predicted octanol–water partition coefficient (Wildman–Crippen LogP) is 2.37. The van der Waals surface area contributed by atoms with Crippen LogP contribution in [0.15, 0.2) is 46.0 Å². The molecule has 2 heterocycles. The van der Waals surface area contributed by atoms with Gasteiger partial charge in [0.2, 0.25) is 5.91 Å². The van der Waals surface area contributed by atoms with Crippen molar-refractivity contribution in [3.63, 3.8) is 0 Å². The van der Waals surface area contributed by atoms with Crippen LogP contribution in [0.1, 0.15) is 31.9 Å². The van der Waals surface area contributed by atoms with Crippen molar-refractivity contribution in [3.8, 4) is 0 Å². The van der Waals surface area contributed by atoms with Crippen LogP contribution in [-0.4, -0.2) is 43.9 Å². The Labute approximate surface area is 171 Å². The van der Waals surface area contributed by atoms with Gasteiger partial charge >= 0.3 is 0 Å². The van der Waals surface area contributed by atoms with Crippen molar-refractivity contribution in [2.75, 3.05) is 13.1 Å². The van der Waals surface area contributed by atoms with Crippen LogP contribution in [-0.2, 0) is 27.8 Å². The van der Waals surface area contributed by atoms with Crippen LogP contribution in [0, 0.1) is 0 Å². The fourth-order valence-electron chi connectivity index (χ4n) is 3.34. The van der Waals surface area contributed by atoms with E-state index in [0.717, 1.165) is 30.8 Å². The summed E-state index contributed by atoms with van der Waals surface area (Å²) in [5.41, 5.74) is 2.47. The Morgan fingerprint density at radius 1 is 1.21 bits per heavy atom. The van der Waals surface area contributed by atoms with Crippen molar-refractivity contribution in [3.05, 3.63) is 52.9 Å². The molecule has 3 rings (SSSR count). The monoisotopic (exact) mass is 421 g/mol. The Bertz CT molecular complexity index is 924. The molecular weight excluding hydrogens is 394 g/mol. The fraction of sp³-hybridized carbons (Fsp3) is 0.450. The van der Waals surface area contributed by atoms with Crippen molar-refractivity contribution in [1.82, 2.24) is 14.9 Å². The first-order valence-corrected chi connectivity index (χ1v) is 11.7. The minimum atomic E-state index is -3.67. The summed E-state index contributed by atoms with van der Waals surface area (Å²) >= 11 is 1.13. The van der Waals surface area contributed by atoms with Gasteiger partial charge in [0, 0.05) is 25.2 Å². The van der Waals surface area contributed by atoms with E-state index in [0.29, 0.717) is 6.54 Å². The maximum atomic E-state index is 12.5. The molecule has 1 unspecified atom stereocenters. The highest BCUT2D eigenvalue weighted by molar-refractivity contribution is 7.91. The number of hydrogen-bond donors (Lipinski definition) is 2. The molecule has 0 bridgehead atoms. The smallest absolute Gasteiger partial charge is 0.250 e. The van der Waals surface area contributed by atoms with Crippen LogP contribution in [0.3, 0.4) is 0 Å². The number of nitrogens with zero attached hydrogens (tertiary/aromatic N) is 1. The van der Waals surface area contributed by atoms with E-state index < -0.39 is 16.1 Å². The molecule has 0 radical (unpaired) electrons. The molecule has 2 aromatic rings. The van der Waals surface area contributed by atoms with Crippen LogP contribution in [0.5, 0.6) is 0 Å². The van der Waals surface area contributed by atoms with Gasteiger partial charge < -0.3 is 5.32 Å². The highest BCUT2D eigenvalue weighted by Gasteiger charge is 2.31. The first-order valence-electron chi connectivity index (χ1n) is 9.34. The number of benzene rings is 1.